The van der Waals surface area contributed by atoms with Gasteiger partial charge in [0.1, 0.15) is 0 Å². The predicted molar refractivity (Wildman–Crippen MR) is 107 cm³/mol. The fourth-order valence-corrected chi connectivity index (χ4v) is 2.84. The molecule has 1 amide bonds. The van der Waals surface area contributed by atoms with Crippen LogP contribution in [0.4, 0.5) is 5.69 Å². The number of nitrogens with zero attached hydrogens (tertiary/aromatic N) is 2. The lowest BCUT2D eigenvalue weighted by molar-refractivity contribution is -0.130. The first-order valence-electron chi connectivity index (χ1n) is 8.88. The number of carbonyl (C=O) groups excluding carboxylic acids is 2. The summed E-state index contributed by atoms with van der Waals surface area (Å²) in [6.45, 7) is 4.44. The molecule has 2 aromatic rings. The van der Waals surface area contributed by atoms with E-state index in [1.165, 1.54) is 0 Å². The average Bonchev–Trinajstić information content (AvgIpc) is 2.61. The second kappa shape index (κ2) is 8.65. The van der Waals surface area contributed by atoms with Crippen LogP contribution in [0.5, 0.6) is 0 Å². The highest BCUT2D eigenvalue weighted by atomic mass is 16.2. The van der Waals surface area contributed by atoms with Crippen LogP contribution < -0.4 is 4.90 Å². The summed E-state index contributed by atoms with van der Waals surface area (Å²) >= 11 is 0. The second-order valence-electron chi connectivity index (χ2n) is 7.05. The summed E-state index contributed by atoms with van der Waals surface area (Å²) in [6, 6.07) is 14.0. The molecule has 138 valence electrons. The Kier molecular flexibility index (Phi) is 6.56. The van der Waals surface area contributed by atoms with Crippen LogP contribution in [-0.2, 0) is 11.3 Å². The van der Waals surface area contributed by atoms with Gasteiger partial charge >= 0.3 is 0 Å². The topological polar surface area (TPSA) is 40.6 Å². The van der Waals surface area contributed by atoms with E-state index in [1.54, 1.807) is 11.9 Å². The molecule has 0 heterocycles. The van der Waals surface area contributed by atoms with E-state index < -0.39 is 0 Å². The fraction of sp³-hybridized carbons (Fsp3) is 0.364. The van der Waals surface area contributed by atoms with Crippen LogP contribution in [0.3, 0.4) is 0 Å². The molecule has 4 heteroatoms. The SMILES string of the molecule is Cc1ccc(C)c(C(=O)CCC(=O)N(C)Cc2ccc(N(C)C)cc2)c1. The van der Waals surface area contributed by atoms with Gasteiger partial charge in [0.2, 0.25) is 5.91 Å². The molecule has 0 aliphatic carbocycles. The van der Waals surface area contributed by atoms with Crippen LogP contribution >= 0.6 is 0 Å². The van der Waals surface area contributed by atoms with Gasteiger partial charge in [-0.25, -0.2) is 0 Å². The molecule has 26 heavy (non-hydrogen) atoms. The molecule has 0 radical (unpaired) electrons. The standard InChI is InChI=1S/C22H28N2O2/c1-16-6-7-17(2)20(14-16)21(25)12-13-22(26)24(5)15-18-8-10-19(11-9-18)23(3)4/h6-11,14H,12-13,15H2,1-5H3. The monoisotopic (exact) mass is 352 g/mol. The van der Waals surface area contributed by atoms with Gasteiger partial charge in [-0.15, -0.1) is 0 Å². The fourth-order valence-electron chi connectivity index (χ4n) is 2.84. The third-order valence-corrected chi connectivity index (χ3v) is 4.56. The maximum absolute atomic E-state index is 12.4. The smallest absolute Gasteiger partial charge is 0.223 e. The first-order valence-corrected chi connectivity index (χ1v) is 8.88. The minimum absolute atomic E-state index is 0.0136. The van der Waals surface area contributed by atoms with Gasteiger partial charge in [0, 0.05) is 51.8 Å². The van der Waals surface area contributed by atoms with Crippen molar-refractivity contribution in [2.24, 2.45) is 0 Å². The van der Waals surface area contributed by atoms with Crippen molar-refractivity contribution in [2.75, 3.05) is 26.0 Å². The van der Waals surface area contributed by atoms with Gasteiger partial charge < -0.3 is 9.80 Å². The highest BCUT2D eigenvalue weighted by Crippen LogP contribution is 2.16. The Morgan fingerprint density at radius 3 is 2.15 bits per heavy atom. The predicted octanol–water partition coefficient (Wildman–Crippen LogP) is 3.99. The number of benzene rings is 2. The lowest BCUT2D eigenvalue weighted by atomic mass is 9.99. The molecule has 0 saturated carbocycles. The van der Waals surface area contributed by atoms with Gasteiger partial charge in [0.25, 0.3) is 0 Å². The van der Waals surface area contributed by atoms with Crippen molar-refractivity contribution in [3.63, 3.8) is 0 Å². The van der Waals surface area contributed by atoms with Gasteiger partial charge in [-0.1, -0.05) is 29.8 Å². The summed E-state index contributed by atoms with van der Waals surface area (Å²) in [5.41, 5.74) is 4.94. The van der Waals surface area contributed by atoms with Gasteiger partial charge in [-0.05, 0) is 43.2 Å². The quantitative estimate of drug-likeness (QED) is 0.708. The maximum Gasteiger partial charge on any atom is 0.223 e. The second-order valence-corrected chi connectivity index (χ2v) is 7.05. The van der Waals surface area contributed by atoms with E-state index in [0.717, 1.165) is 27.9 Å². The van der Waals surface area contributed by atoms with E-state index in [9.17, 15) is 9.59 Å². The molecule has 0 fully saturated rings. The van der Waals surface area contributed by atoms with Crippen molar-refractivity contribution in [1.82, 2.24) is 4.90 Å². The first kappa shape index (κ1) is 19.7. The lowest BCUT2D eigenvalue weighted by Crippen LogP contribution is -2.26. The Morgan fingerprint density at radius 2 is 1.54 bits per heavy atom. The maximum atomic E-state index is 12.4. The van der Waals surface area contributed by atoms with E-state index in [-0.39, 0.29) is 24.5 Å². The average molecular weight is 352 g/mol. The number of ketones is 1. The first-order chi connectivity index (χ1) is 12.3. The Labute approximate surface area is 156 Å². The molecule has 0 aromatic heterocycles. The zero-order chi connectivity index (χ0) is 19.3. The highest BCUT2D eigenvalue weighted by molar-refractivity contribution is 5.99. The number of aryl methyl sites for hydroxylation is 2. The number of hydrogen-bond donors (Lipinski definition) is 0. The van der Waals surface area contributed by atoms with Crippen LogP contribution in [0, 0.1) is 13.8 Å². The Hall–Kier alpha value is -2.62. The zero-order valence-corrected chi connectivity index (χ0v) is 16.4. The van der Waals surface area contributed by atoms with Crippen molar-refractivity contribution >= 4 is 17.4 Å². The van der Waals surface area contributed by atoms with Crippen molar-refractivity contribution in [3.8, 4) is 0 Å². The summed E-state index contributed by atoms with van der Waals surface area (Å²) in [4.78, 5) is 28.5. The summed E-state index contributed by atoms with van der Waals surface area (Å²) in [5, 5.41) is 0. The number of anilines is 1. The van der Waals surface area contributed by atoms with Gasteiger partial charge in [0.15, 0.2) is 5.78 Å². The zero-order valence-electron chi connectivity index (χ0n) is 16.4. The molecule has 0 spiro atoms. The minimum atomic E-state index is -0.0136. The van der Waals surface area contributed by atoms with E-state index in [1.807, 2.05) is 75.3 Å². The van der Waals surface area contributed by atoms with Gasteiger partial charge in [-0.2, -0.15) is 0 Å². The summed E-state index contributed by atoms with van der Waals surface area (Å²) in [7, 11) is 5.78. The summed E-state index contributed by atoms with van der Waals surface area (Å²) in [6.07, 6.45) is 0.478. The molecule has 0 saturated heterocycles. The van der Waals surface area contributed by atoms with E-state index >= 15 is 0 Å². The molecule has 0 bridgehead atoms. The van der Waals surface area contributed by atoms with Gasteiger partial charge in [-0.3, -0.25) is 9.59 Å². The van der Waals surface area contributed by atoms with Crippen LogP contribution in [-0.4, -0.2) is 37.7 Å². The summed E-state index contributed by atoms with van der Waals surface area (Å²) < 4.78 is 0. The lowest BCUT2D eigenvalue weighted by Gasteiger charge is -2.18. The molecule has 4 nitrogen and oxygen atoms in total. The summed E-state index contributed by atoms with van der Waals surface area (Å²) in [5.74, 6) is 0.0172. The molecule has 2 rings (SSSR count). The third kappa shape index (κ3) is 5.19. The molecular formula is C22H28N2O2. The Bertz CT molecular complexity index is 779. The number of carbonyl (C=O) groups is 2. The molecule has 2 aromatic carbocycles. The number of rotatable bonds is 7. The molecule has 0 unspecified atom stereocenters. The van der Waals surface area contributed by atoms with Crippen molar-refractivity contribution in [1.29, 1.82) is 0 Å². The van der Waals surface area contributed by atoms with Crippen LogP contribution in [0.1, 0.15) is 39.9 Å². The number of hydrogen-bond acceptors (Lipinski definition) is 3. The normalized spacial score (nSPS) is 10.5. The highest BCUT2D eigenvalue weighted by Gasteiger charge is 2.14. The van der Waals surface area contributed by atoms with Crippen molar-refractivity contribution < 1.29 is 9.59 Å². The molecule has 0 aliphatic heterocycles. The van der Waals surface area contributed by atoms with Crippen LogP contribution in [0.2, 0.25) is 0 Å². The van der Waals surface area contributed by atoms with E-state index in [0.29, 0.717) is 6.54 Å². The van der Waals surface area contributed by atoms with Crippen molar-refractivity contribution in [3.05, 3.63) is 64.7 Å². The molecule has 0 aliphatic rings. The molecular weight excluding hydrogens is 324 g/mol. The molecule has 0 atom stereocenters. The molecule has 0 N–H and O–H groups in total. The van der Waals surface area contributed by atoms with E-state index in [4.69, 9.17) is 0 Å². The largest absolute Gasteiger partial charge is 0.378 e. The Morgan fingerprint density at radius 1 is 0.885 bits per heavy atom. The third-order valence-electron chi connectivity index (χ3n) is 4.56. The number of Topliss-reactive ketones (excluding diaryl/α,β-unsaturated/α-hetero) is 1. The van der Waals surface area contributed by atoms with E-state index in [2.05, 4.69) is 0 Å². The van der Waals surface area contributed by atoms with Gasteiger partial charge in [0.05, 0.1) is 0 Å². The van der Waals surface area contributed by atoms with Crippen LogP contribution in [0.25, 0.3) is 0 Å². The number of amides is 1. The minimum Gasteiger partial charge on any atom is -0.378 e. The Balaban J connectivity index is 1.90. The van der Waals surface area contributed by atoms with Crippen LogP contribution in [0.15, 0.2) is 42.5 Å². The van der Waals surface area contributed by atoms with Crippen molar-refractivity contribution in [2.45, 2.75) is 33.2 Å².